The Morgan fingerprint density at radius 1 is 1.20 bits per heavy atom. The van der Waals surface area contributed by atoms with Crippen LogP contribution in [0, 0.1) is 11.6 Å². The maximum absolute atomic E-state index is 13.8. The Morgan fingerprint density at radius 2 is 1.97 bits per heavy atom. The zero-order valence-corrected chi connectivity index (χ0v) is 16.5. The van der Waals surface area contributed by atoms with Crippen LogP contribution in [0.25, 0.3) is 0 Å². The van der Waals surface area contributed by atoms with Crippen molar-refractivity contribution in [1.29, 1.82) is 0 Å². The highest BCUT2D eigenvalue weighted by Crippen LogP contribution is 2.18. The van der Waals surface area contributed by atoms with Gasteiger partial charge in [0.25, 0.3) is 5.91 Å². The molecule has 2 aromatic carbocycles. The van der Waals surface area contributed by atoms with Gasteiger partial charge < -0.3 is 19.5 Å². The predicted molar refractivity (Wildman–Crippen MR) is 104 cm³/mol. The molecule has 0 spiro atoms. The second kappa shape index (κ2) is 10.2. The summed E-state index contributed by atoms with van der Waals surface area (Å²) in [5.74, 6) is -2.13. The standard InChI is InChI=1S/C22H23F2NO5/c1-14(19-9-6-16(23)11-20(19)24)25-21(26)13-30-22(27)15-4-7-17(8-5-15)29-12-18-3-2-10-28-18/h4-9,11,14,18H,2-3,10,12-13H2,1H3,(H,25,26)/t14-,18+/m1/s1. The Morgan fingerprint density at radius 3 is 2.63 bits per heavy atom. The minimum atomic E-state index is -0.762. The third kappa shape index (κ3) is 6.00. The molecule has 1 amide bonds. The van der Waals surface area contributed by atoms with E-state index >= 15 is 0 Å². The van der Waals surface area contributed by atoms with E-state index in [0.29, 0.717) is 12.4 Å². The number of ether oxygens (including phenoxy) is 3. The molecule has 1 N–H and O–H groups in total. The monoisotopic (exact) mass is 419 g/mol. The Balaban J connectivity index is 1.44. The molecule has 1 aliphatic rings. The number of hydrogen-bond acceptors (Lipinski definition) is 5. The molecule has 6 nitrogen and oxygen atoms in total. The van der Waals surface area contributed by atoms with Crippen LogP contribution in [-0.4, -0.2) is 37.8 Å². The third-order valence-corrected chi connectivity index (χ3v) is 4.69. The smallest absolute Gasteiger partial charge is 0.338 e. The lowest BCUT2D eigenvalue weighted by Crippen LogP contribution is -2.31. The molecule has 30 heavy (non-hydrogen) atoms. The minimum Gasteiger partial charge on any atom is -0.491 e. The van der Waals surface area contributed by atoms with Crippen molar-refractivity contribution >= 4 is 11.9 Å². The zero-order valence-electron chi connectivity index (χ0n) is 16.5. The number of rotatable bonds is 8. The Labute approximate surface area is 173 Å². The van der Waals surface area contributed by atoms with E-state index in [9.17, 15) is 18.4 Å². The van der Waals surface area contributed by atoms with Gasteiger partial charge in [0.15, 0.2) is 6.61 Å². The minimum absolute atomic E-state index is 0.0962. The molecule has 0 unspecified atom stereocenters. The van der Waals surface area contributed by atoms with Gasteiger partial charge in [-0.2, -0.15) is 0 Å². The number of halogens is 2. The molecule has 8 heteroatoms. The van der Waals surface area contributed by atoms with Crippen molar-refractivity contribution in [3.05, 3.63) is 65.2 Å². The second-order valence-corrected chi connectivity index (χ2v) is 7.00. The first-order chi connectivity index (χ1) is 14.4. The van der Waals surface area contributed by atoms with E-state index in [1.54, 1.807) is 31.2 Å². The predicted octanol–water partition coefficient (Wildman–Crippen LogP) is 3.56. The molecule has 0 aromatic heterocycles. The summed E-state index contributed by atoms with van der Waals surface area (Å²) in [7, 11) is 0. The maximum atomic E-state index is 13.8. The molecule has 0 bridgehead atoms. The van der Waals surface area contributed by atoms with Crippen LogP contribution >= 0.6 is 0 Å². The molecule has 1 heterocycles. The second-order valence-electron chi connectivity index (χ2n) is 7.00. The van der Waals surface area contributed by atoms with E-state index in [1.807, 2.05) is 0 Å². The molecule has 2 atom stereocenters. The molecule has 1 aliphatic heterocycles. The number of hydrogen-bond donors (Lipinski definition) is 1. The highest BCUT2D eigenvalue weighted by molar-refractivity contribution is 5.91. The molecule has 2 aromatic rings. The fourth-order valence-electron chi connectivity index (χ4n) is 3.08. The number of amides is 1. The molecule has 0 aliphatic carbocycles. The first-order valence-corrected chi connectivity index (χ1v) is 9.68. The van der Waals surface area contributed by atoms with Crippen LogP contribution < -0.4 is 10.1 Å². The summed E-state index contributed by atoms with van der Waals surface area (Å²) < 4.78 is 42.9. The maximum Gasteiger partial charge on any atom is 0.338 e. The van der Waals surface area contributed by atoms with Gasteiger partial charge in [0.2, 0.25) is 0 Å². The molecule has 1 fully saturated rings. The van der Waals surface area contributed by atoms with Gasteiger partial charge >= 0.3 is 5.97 Å². The van der Waals surface area contributed by atoms with Gasteiger partial charge in [-0.05, 0) is 50.1 Å². The van der Waals surface area contributed by atoms with E-state index in [0.717, 1.165) is 31.6 Å². The molecular weight excluding hydrogens is 396 g/mol. The summed E-state index contributed by atoms with van der Waals surface area (Å²) in [5, 5.41) is 2.51. The molecule has 0 saturated carbocycles. The summed E-state index contributed by atoms with van der Waals surface area (Å²) >= 11 is 0. The van der Waals surface area contributed by atoms with Crippen molar-refractivity contribution in [3.63, 3.8) is 0 Å². The van der Waals surface area contributed by atoms with Crippen molar-refractivity contribution in [2.75, 3.05) is 19.8 Å². The largest absolute Gasteiger partial charge is 0.491 e. The average Bonchev–Trinajstić information content (AvgIpc) is 3.24. The van der Waals surface area contributed by atoms with Gasteiger partial charge in [0.05, 0.1) is 17.7 Å². The summed E-state index contributed by atoms with van der Waals surface area (Å²) in [6, 6.07) is 8.77. The molecule has 160 valence electrons. The highest BCUT2D eigenvalue weighted by atomic mass is 19.1. The number of carbonyl (C=O) groups is 2. The number of carbonyl (C=O) groups excluding carboxylic acids is 2. The van der Waals surface area contributed by atoms with Crippen LogP contribution in [0.4, 0.5) is 8.78 Å². The quantitative estimate of drug-likeness (QED) is 0.663. The van der Waals surface area contributed by atoms with Gasteiger partial charge in [-0.3, -0.25) is 4.79 Å². The van der Waals surface area contributed by atoms with Crippen LogP contribution in [0.15, 0.2) is 42.5 Å². The number of nitrogens with one attached hydrogen (secondary N) is 1. The van der Waals surface area contributed by atoms with Crippen molar-refractivity contribution in [3.8, 4) is 5.75 Å². The fraction of sp³-hybridized carbons (Fsp3) is 0.364. The average molecular weight is 419 g/mol. The number of esters is 1. The summed E-state index contributed by atoms with van der Waals surface area (Å²) in [6.45, 7) is 2.23. The first kappa shape index (κ1) is 21.7. The van der Waals surface area contributed by atoms with E-state index in [2.05, 4.69) is 5.32 Å². The molecule has 3 rings (SSSR count). The normalized spacial score (nSPS) is 16.7. The zero-order chi connectivity index (χ0) is 21.5. The first-order valence-electron chi connectivity index (χ1n) is 9.68. The summed E-state index contributed by atoms with van der Waals surface area (Å²) in [4.78, 5) is 24.1. The third-order valence-electron chi connectivity index (χ3n) is 4.69. The van der Waals surface area contributed by atoms with Crippen LogP contribution in [0.5, 0.6) is 5.75 Å². The summed E-state index contributed by atoms with van der Waals surface area (Å²) in [6.07, 6.45) is 2.10. The SMILES string of the molecule is C[C@@H](NC(=O)COC(=O)c1ccc(OC[C@@H]2CCCO2)cc1)c1ccc(F)cc1F. The van der Waals surface area contributed by atoms with Crippen LogP contribution in [0.3, 0.4) is 0 Å². The van der Waals surface area contributed by atoms with E-state index in [1.165, 1.54) is 6.07 Å². The summed E-state index contributed by atoms with van der Waals surface area (Å²) in [5.41, 5.74) is 0.402. The van der Waals surface area contributed by atoms with Gasteiger partial charge in [-0.25, -0.2) is 13.6 Å². The lowest BCUT2D eigenvalue weighted by molar-refractivity contribution is -0.124. The van der Waals surface area contributed by atoms with Crippen molar-refractivity contribution in [2.45, 2.75) is 31.9 Å². The van der Waals surface area contributed by atoms with E-state index in [4.69, 9.17) is 14.2 Å². The van der Waals surface area contributed by atoms with Crippen molar-refractivity contribution < 1.29 is 32.6 Å². The Bertz CT molecular complexity index is 882. The Kier molecular flexibility index (Phi) is 7.35. The van der Waals surface area contributed by atoms with Crippen molar-refractivity contribution in [2.24, 2.45) is 0 Å². The van der Waals surface area contributed by atoms with Gasteiger partial charge in [0, 0.05) is 18.2 Å². The van der Waals surface area contributed by atoms with Crippen LogP contribution in [0.2, 0.25) is 0 Å². The Hall–Kier alpha value is -3.00. The fourth-order valence-corrected chi connectivity index (χ4v) is 3.08. The van der Waals surface area contributed by atoms with E-state index < -0.39 is 36.2 Å². The van der Waals surface area contributed by atoms with Crippen LogP contribution in [0.1, 0.15) is 41.7 Å². The lowest BCUT2D eigenvalue weighted by Gasteiger charge is -2.15. The molecule has 1 saturated heterocycles. The lowest BCUT2D eigenvalue weighted by atomic mass is 10.1. The van der Waals surface area contributed by atoms with Gasteiger partial charge in [0.1, 0.15) is 24.0 Å². The van der Waals surface area contributed by atoms with Gasteiger partial charge in [-0.1, -0.05) is 6.07 Å². The topological polar surface area (TPSA) is 73.9 Å². The molecule has 0 radical (unpaired) electrons. The number of benzene rings is 2. The highest BCUT2D eigenvalue weighted by Gasteiger charge is 2.17. The van der Waals surface area contributed by atoms with Crippen molar-refractivity contribution in [1.82, 2.24) is 5.32 Å². The van der Waals surface area contributed by atoms with Crippen LogP contribution in [-0.2, 0) is 14.3 Å². The molecular formula is C22H23F2NO5. The van der Waals surface area contributed by atoms with Gasteiger partial charge in [-0.15, -0.1) is 0 Å². The van der Waals surface area contributed by atoms with E-state index in [-0.39, 0.29) is 17.2 Å².